The fourth-order valence-electron chi connectivity index (χ4n) is 4.85. The molecule has 1 aromatic heterocycles. The van der Waals surface area contributed by atoms with E-state index in [0.717, 1.165) is 25.7 Å². The Bertz CT molecular complexity index is 754. The molecule has 1 N–H and O–H groups in total. The van der Waals surface area contributed by atoms with Gasteiger partial charge in [-0.1, -0.05) is 37.3 Å². The second-order valence-electron chi connectivity index (χ2n) is 7.35. The van der Waals surface area contributed by atoms with E-state index in [1.54, 1.807) is 0 Å². The van der Waals surface area contributed by atoms with Crippen LogP contribution in [0, 0.1) is 11.2 Å². The number of hydrogen-bond donors (Lipinski definition) is 1. The van der Waals surface area contributed by atoms with Crippen molar-refractivity contribution in [2.75, 3.05) is 11.5 Å². The normalized spacial score (nSPS) is 27.9. The van der Waals surface area contributed by atoms with Crippen LogP contribution in [-0.2, 0) is 12.8 Å². The molecule has 0 amide bonds. The number of aliphatic hydroxyl groups excluding tert-OH is 1. The molecule has 0 spiro atoms. The van der Waals surface area contributed by atoms with E-state index in [1.807, 2.05) is 25.1 Å². The van der Waals surface area contributed by atoms with Crippen LogP contribution in [-0.4, -0.2) is 33.8 Å². The van der Waals surface area contributed by atoms with Crippen molar-refractivity contribution in [3.63, 3.8) is 0 Å². The van der Waals surface area contributed by atoms with Gasteiger partial charge in [-0.3, -0.25) is 0 Å². The topological polar surface area (TPSA) is 49.2 Å². The van der Waals surface area contributed by atoms with Gasteiger partial charge >= 0.3 is 0 Å². The quantitative estimate of drug-likeness (QED) is 0.908. The molecule has 0 radical (unpaired) electrons. The third-order valence-electron chi connectivity index (χ3n) is 5.99. The lowest BCUT2D eigenvalue weighted by Gasteiger charge is -2.36. The molecule has 0 saturated carbocycles. The number of aromatic nitrogens is 2. The lowest BCUT2D eigenvalue weighted by Crippen LogP contribution is -2.42. The molecule has 4 nitrogen and oxygen atoms in total. The number of aliphatic hydroxyl groups is 1. The molecule has 0 unspecified atom stereocenters. The minimum absolute atomic E-state index is 0.118. The maximum Gasteiger partial charge on any atom is 0.187 e. The minimum atomic E-state index is -0.296. The van der Waals surface area contributed by atoms with Crippen LogP contribution in [0.5, 0.6) is 0 Å². The number of anilines is 1. The fraction of sp³-hybridized carbons (Fsp3) is 0.500. The second kappa shape index (κ2) is 6.37. The third kappa shape index (κ3) is 2.61. The van der Waals surface area contributed by atoms with E-state index in [-0.39, 0.29) is 29.9 Å². The van der Waals surface area contributed by atoms with Gasteiger partial charge in [-0.05, 0) is 37.7 Å². The molecule has 2 fully saturated rings. The molecule has 2 bridgehead atoms. The zero-order valence-electron chi connectivity index (χ0n) is 14.5. The summed E-state index contributed by atoms with van der Waals surface area (Å²) >= 11 is 0. The largest absolute Gasteiger partial charge is 0.396 e. The third-order valence-corrected chi connectivity index (χ3v) is 5.99. The maximum atomic E-state index is 14.9. The smallest absolute Gasteiger partial charge is 0.187 e. The van der Waals surface area contributed by atoms with Gasteiger partial charge in [0.05, 0.1) is 12.3 Å². The standard InChI is InChI=1S/C20H24FN3O/c1-2-16-18(21)19(23-13-22-16)24-15-8-9-17(24)20(11-15,12-25)10-14-6-4-3-5-7-14/h3-7,13,15,17,25H,2,8-12H2,1H3/t15-,17+,20-/m1/s1. The molecule has 3 atom stereocenters. The molecule has 25 heavy (non-hydrogen) atoms. The van der Waals surface area contributed by atoms with Crippen molar-refractivity contribution < 1.29 is 9.50 Å². The predicted octanol–water partition coefficient (Wildman–Crippen LogP) is 3.14. The average Bonchev–Trinajstić information content (AvgIpc) is 3.18. The van der Waals surface area contributed by atoms with Gasteiger partial charge < -0.3 is 10.0 Å². The first-order valence-corrected chi connectivity index (χ1v) is 9.11. The lowest BCUT2D eigenvalue weighted by atomic mass is 9.70. The monoisotopic (exact) mass is 341 g/mol. The summed E-state index contributed by atoms with van der Waals surface area (Å²) in [4.78, 5) is 10.5. The van der Waals surface area contributed by atoms with Gasteiger partial charge in [-0.25, -0.2) is 14.4 Å². The SMILES string of the molecule is CCc1ncnc(N2[C@@H]3CC[C@H]2[C@](CO)(Cc2ccccc2)C3)c1F. The van der Waals surface area contributed by atoms with E-state index < -0.39 is 0 Å². The van der Waals surface area contributed by atoms with E-state index in [9.17, 15) is 9.50 Å². The first-order chi connectivity index (χ1) is 12.2. The number of aryl methyl sites for hydroxylation is 1. The molecule has 132 valence electrons. The van der Waals surface area contributed by atoms with Crippen LogP contribution in [0.25, 0.3) is 0 Å². The van der Waals surface area contributed by atoms with Crippen molar-refractivity contribution in [1.82, 2.24) is 9.97 Å². The van der Waals surface area contributed by atoms with Crippen molar-refractivity contribution in [3.8, 4) is 0 Å². The van der Waals surface area contributed by atoms with E-state index in [1.165, 1.54) is 11.9 Å². The summed E-state index contributed by atoms with van der Waals surface area (Å²) in [6.07, 6.45) is 5.73. The number of fused-ring (bicyclic) bond motifs is 2. The average molecular weight is 341 g/mol. The van der Waals surface area contributed by atoms with Gasteiger partial charge in [0, 0.05) is 17.5 Å². The summed E-state index contributed by atoms with van der Waals surface area (Å²) in [5, 5.41) is 10.3. The minimum Gasteiger partial charge on any atom is -0.396 e. The van der Waals surface area contributed by atoms with Crippen LogP contribution < -0.4 is 4.90 Å². The van der Waals surface area contributed by atoms with Crippen LogP contribution >= 0.6 is 0 Å². The summed E-state index contributed by atoms with van der Waals surface area (Å²) in [7, 11) is 0. The molecular weight excluding hydrogens is 317 g/mol. The number of nitrogens with zero attached hydrogens (tertiary/aromatic N) is 3. The van der Waals surface area contributed by atoms with E-state index in [2.05, 4.69) is 27.0 Å². The highest BCUT2D eigenvalue weighted by atomic mass is 19.1. The zero-order valence-corrected chi connectivity index (χ0v) is 14.5. The number of hydrogen-bond acceptors (Lipinski definition) is 4. The zero-order chi connectivity index (χ0) is 17.4. The summed E-state index contributed by atoms with van der Waals surface area (Å²) in [6.45, 7) is 2.02. The van der Waals surface area contributed by atoms with E-state index in [4.69, 9.17) is 0 Å². The Hall–Kier alpha value is -2.01. The highest BCUT2D eigenvalue weighted by molar-refractivity contribution is 5.49. The second-order valence-corrected chi connectivity index (χ2v) is 7.35. The molecule has 4 rings (SSSR count). The summed E-state index contributed by atoms with van der Waals surface area (Å²) < 4.78 is 14.9. The molecule has 0 aliphatic carbocycles. The highest BCUT2D eigenvalue weighted by Crippen LogP contribution is 2.52. The van der Waals surface area contributed by atoms with Gasteiger partial charge in [0.1, 0.15) is 6.33 Å². The Balaban J connectivity index is 1.69. The van der Waals surface area contributed by atoms with Gasteiger partial charge in [0.15, 0.2) is 11.6 Å². The number of benzene rings is 1. The molecule has 2 aliphatic heterocycles. The van der Waals surface area contributed by atoms with Gasteiger partial charge in [0.25, 0.3) is 0 Å². The highest BCUT2D eigenvalue weighted by Gasteiger charge is 2.56. The number of halogens is 1. The van der Waals surface area contributed by atoms with Crippen LogP contribution in [0.3, 0.4) is 0 Å². The van der Waals surface area contributed by atoms with Gasteiger partial charge in [-0.2, -0.15) is 0 Å². The van der Waals surface area contributed by atoms with Crippen LogP contribution in [0.2, 0.25) is 0 Å². The summed E-state index contributed by atoms with van der Waals surface area (Å²) in [6, 6.07) is 10.6. The van der Waals surface area contributed by atoms with Gasteiger partial charge in [-0.15, -0.1) is 0 Å². The molecule has 3 heterocycles. The molecule has 2 aromatic rings. The van der Waals surface area contributed by atoms with Crippen molar-refractivity contribution in [3.05, 3.63) is 53.7 Å². The van der Waals surface area contributed by atoms with Crippen molar-refractivity contribution in [1.29, 1.82) is 0 Å². The van der Waals surface area contributed by atoms with E-state index >= 15 is 0 Å². The molecule has 2 aliphatic rings. The van der Waals surface area contributed by atoms with Crippen LogP contribution in [0.4, 0.5) is 10.2 Å². The molecular formula is C20H24FN3O. The molecule has 2 saturated heterocycles. The maximum absolute atomic E-state index is 14.9. The Morgan fingerprint density at radius 2 is 2.04 bits per heavy atom. The molecule has 1 aromatic carbocycles. The Labute approximate surface area is 147 Å². The number of rotatable bonds is 5. The van der Waals surface area contributed by atoms with Crippen molar-refractivity contribution in [2.24, 2.45) is 5.41 Å². The Morgan fingerprint density at radius 3 is 2.76 bits per heavy atom. The van der Waals surface area contributed by atoms with Crippen LogP contribution in [0.15, 0.2) is 36.7 Å². The molecule has 5 heteroatoms. The van der Waals surface area contributed by atoms with Gasteiger partial charge in [0.2, 0.25) is 0 Å². The summed E-state index contributed by atoms with van der Waals surface area (Å²) in [5.74, 6) is 0.123. The van der Waals surface area contributed by atoms with E-state index in [0.29, 0.717) is 17.9 Å². The predicted molar refractivity (Wildman–Crippen MR) is 94.9 cm³/mol. The first kappa shape index (κ1) is 16.5. The van der Waals surface area contributed by atoms with Crippen molar-refractivity contribution >= 4 is 5.82 Å². The summed E-state index contributed by atoms with van der Waals surface area (Å²) in [5.41, 5.74) is 1.46. The van der Waals surface area contributed by atoms with Crippen molar-refractivity contribution in [2.45, 2.75) is 51.1 Å². The first-order valence-electron chi connectivity index (χ1n) is 9.11. The Morgan fingerprint density at radius 1 is 1.24 bits per heavy atom. The Kier molecular flexibility index (Phi) is 4.20. The van der Waals surface area contributed by atoms with Crippen LogP contribution in [0.1, 0.15) is 37.4 Å². The lowest BCUT2D eigenvalue weighted by molar-refractivity contribution is 0.0984. The fourth-order valence-corrected chi connectivity index (χ4v) is 4.85.